The number of aromatic nitrogens is 1. The van der Waals surface area contributed by atoms with E-state index in [4.69, 9.17) is 5.73 Å². The molecule has 1 aliphatic heterocycles. The van der Waals surface area contributed by atoms with Crippen molar-refractivity contribution in [1.29, 1.82) is 0 Å². The minimum atomic E-state index is 0.0253. The number of nitrogen functional groups attached to an aromatic ring is 1. The molecule has 1 atom stereocenters. The van der Waals surface area contributed by atoms with Gasteiger partial charge in [0.2, 0.25) is 0 Å². The van der Waals surface area contributed by atoms with Crippen LogP contribution in [0.25, 0.3) is 0 Å². The number of likely N-dealkylation sites (tertiary alicyclic amines) is 1. The van der Waals surface area contributed by atoms with Crippen LogP contribution in [0, 0.1) is 5.92 Å². The van der Waals surface area contributed by atoms with Crippen LogP contribution < -0.4 is 5.73 Å². The summed E-state index contributed by atoms with van der Waals surface area (Å²) in [5.74, 6) is 1.12. The van der Waals surface area contributed by atoms with Crippen LogP contribution in [0.5, 0.6) is 0 Å². The van der Waals surface area contributed by atoms with Gasteiger partial charge in [-0.05, 0) is 37.3 Å². The van der Waals surface area contributed by atoms with Crippen LogP contribution in [-0.4, -0.2) is 28.9 Å². The molecule has 2 rings (SSSR count). The molecule has 0 radical (unpaired) electrons. The van der Waals surface area contributed by atoms with Crippen LogP contribution >= 0.6 is 0 Å². The van der Waals surface area contributed by atoms with Crippen molar-refractivity contribution in [1.82, 2.24) is 9.88 Å². The smallest absolute Gasteiger partial charge is 0.257 e. The molecule has 1 amide bonds. The summed E-state index contributed by atoms with van der Waals surface area (Å²) in [5.41, 5.74) is 6.30. The van der Waals surface area contributed by atoms with Gasteiger partial charge in [-0.3, -0.25) is 4.79 Å². The second-order valence-corrected chi connectivity index (χ2v) is 4.93. The number of nitrogens with two attached hydrogens (primary N) is 1. The van der Waals surface area contributed by atoms with E-state index in [0.717, 1.165) is 31.8 Å². The van der Waals surface area contributed by atoms with Crippen LogP contribution in [-0.2, 0) is 0 Å². The number of carbonyl (C=O) groups is 1. The maximum absolute atomic E-state index is 12.4. The van der Waals surface area contributed by atoms with Gasteiger partial charge in [0.15, 0.2) is 0 Å². The number of amides is 1. The van der Waals surface area contributed by atoms with Crippen molar-refractivity contribution < 1.29 is 4.79 Å². The van der Waals surface area contributed by atoms with E-state index in [1.165, 1.54) is 12.8 Å². The molecule has 0 bridgehead atoms. The number of rotatable bonds is 2. The third-order valence-electron chi connectivity index (χ3n) is 3.78. The monoisotopic (exact) mass is 247 g/mol. The summed E-state index contributed by atoms with van der Waals surface area (Å²) in [4.78, 5) is 18.3. The molecule has 18 heavy (non-hydrogen) atoms. The Morgan fingerprint density at radius 1 is 1.50 bits per heavy atom. The van der Waals surface area contributed by atoms with Gasteiger partial charge in [-0.1, -0.05) is 13.3 Å². The predicted molar refractivity (Wildman–Crippen MR) is 72.2 cm³/mol. The van der Waals surface area contributed by atoms with E-state index in [2.05, 4.69) is 11.9 Å². The molecule has 2 heterocycles. The highest BCUT2D eigenvalue weighted by molar-refractivity contribution is 5.98. The number of carbonyl (C=O) groups excluding carboxylic acids is 1. The number of pyridine rings is 1. The number of hydrogen-bond donors (Lipinski definition) is 1. The zero-order valence-electron chi connectivity index (χ0n) is 10.9. The second kappa shape index (κ2) is 5.85. The molecule has 1 aromatic heterocycles. The molecular formula is C14H21N3O. The summed E-state index contributed by atoms with van der Waals surface area (Å²) in [5, 5.41) is 0. The van der Waals surface area contributed by atoms with Crippen LogP contribution in [0.2, 0.25) is 0 Å². The largest absolute Gasteiger partial charge is 0.383 e. The molecule has 0 aromatic carbocycles. The van der Waals surface area contributed by atoms with Gasteiger partial charge < -0.3 is 10.6 Å². The minimum Gasteiger partial charge on any atom is -0.383 e. The minimum absolute atomic E-state index is 0.0253. The first kappa shape index (κ1) is 12.9. The lowest BCUT2D eigenvalue weighted by Crippen LogP contribution is -2.32. The number of nitrogens with zero attached hydrogens (tertiary/aromatic N) is 2. The maximum Gasteiger partial charge on any atom is 0.257 e. The highest BCUT2D eigenvalue weighted by Gasteiger charge is 2.22. The maximum atomic E-state index is 12.4. The van der Waals surface area contributed by atoms with Crippen molar-refractivity contribution in [2.45, 2.75) is 32.6 Å². The summed E-state index contributed by atoms with van der Waals surface area (Å²) in [6, 6.07) is 3.52. The zero-order valence-corrected chi connectivity index (χ0v) is 10.9. The first-order valence-corrected chi connectivity index (χ1v) is 6.72. The molecule has 1 fully saturated rings. The summed E-state index contributed by atoms with van der Waals surface area (Å²) in [6.45, 7) is 3.90. The van der Waals surface area contributed by atoms with Crippen LogP contribution in [0.15, 0.2) is 18.3 Å². The molecule has 1 aliphatic rings. The van der Waals surface area contributed by atoms with Crippen molar-refractivity contribution >= 4 is 11.7 Å². The van der Waals surface area contributed by atoms with E-state index in [1.807, 2.05) is 4.90 Å². The normalized spacial score (nSPS) is 20.5. The lowest BCUT2D eigenvalue weighted by molar-refractivity contribution is 0.0760. The third kappa shape index (κ3) is 2.81. The topological polar surface area (TPSA) is 59.2 Å². The average molecular weight is 247 g/mol. The Balaban J connectivity index is 2.08. The lowest BCUT2D eigenvalue weighted by Gasteiger charge is -2.21. The van der Waals surface area contributed by atoms with Crippen molar-refractivity contribution in [3.8, 4) is 0 Å². The van der Waals surface area contributed by atoms with Crippen LogP contribution in [0.3, 0.4) is 0 Å². The summed E-state index contributed by atoms with van der Waals surface area (Å²) in [6.07, 6.45) is 6.23. The van der Waals surface area contributed by atoms with Gasteiger partial charge in [0.1, 0.15) is 5.82 Å². The first-order chi connectivity index (χ1) is 8.72. The molecular weight excluding hydrogens is 226 g/mol. The highest BCUT2D eigenvalue weighted by atomic mass is 16.2. The van der Waals surface area contributed by atoms with Gasteiger partial charge in [0, 0.05) is 19.3 Å². The summed E-state index contributed by atoms with van der Waals surface area (Å²) >= 11 is 0. The van der Waals surface area contributed by atoms with E-state index in [-0.39, 0.29) is 5.91 Å². The molecule has 4 nitrogen and oxygen atoms in total. The van der Waals surface area contributed by atoms with Crippen LogP contribution in [0.4, 0.5) is 5.82 Å². The Morgan fingerprint density at radius 3 is 3.06 bits per heavy atom. The molecule has 0 aliphatic carbocycles. The standard InChI is InChI=1S/C14H21N3O/c1-2-11-5-4-9-17(10-7-11)14(18)12-6-3-8-16-13(12)15/h3,6,8,11H,2,4-5,7,9-10H2,1H3,(H2,15,16). The predicted octanol–water partition coefficient (Wildman–Crippen LogP) is 2.32. The highest BCUT2D eigenvalue weighted by Crippen LogP contribution is 2.22. The van der Waals surface area contributed by atoms with Crippen LogP contribution in [0.1, 0.15) is 43.0 Å². The van der Waals surface area contributed by atoms with Gasteiger partial charge >= 0.3 is 0 Å². The quantitative estimate of drug-likeness (QED) is 0.872. The average Bonchev–Trinajstić information content (AvgIpc) is 2.63. The van der Waals surface area contributed by atoms with E-state index in [9.17, 15) is 4.79 Å². The molecule has 0 spiro atoms. The Hall–Kier alpha value is -1.58. The Morgan fingerprint density at radius 2 is 2.33 bits per heavy atom. The third-order valence-corrected chi connectivity index (χ3v) is 3.78. The van der Waals surface area contributed by atoms with E-state index >= 15 is 0 Å². The molecule has 98 valence electrons. The number of hydrogen-bond acceptors (Lipinski definition) is 3. The van der Waals surface area contributed by atoms with Gasteiger partial charge in [-0.25, -0.2) is 4.98 Å². The van der Waals surface area contributed by atoms with Gasteiger partial charge in [-0.2, -0.15) is 0 Å². The Kier molecular flexibility index (Phi) is 4.18. The fourth-order valence-electron chi connectivity index (χ4n) is 2.55. The SMILES string of the molecule is CCC1CCCN(C(=O)c2cccnc2N)CC1. The fourth-order valence-corrected chi connectivity index (χ4v) is 2.55. The van der Waals surface area contributed by atoms with Crippen molar-refractivity contribution in [2.24, 2.45) is 5.92 Å². The van der Waals surface area contributed by atoms with E-state index in [0.29, 0.717) is 11.4 Å². The Labute approximate surface area is 108 Å². The van der Waals surface area contributed by atoms with E-state index in [1.54, 1.807) is 18.3 Å². The van der Waals surface area contributed by atoms with Crippen molar-refractivity contribution in [3.05, 3.63) is 23.9 Å². The van der Waals surface area contributed by atoms with E-state index < -0.39 is 0 Å². The molecule has 1 saturated heterocycles. The molecule has 1 unspecified atom stereocenters. The second-order valence-electron chi connectivity index (χ2n) is 4.93. The Bertz CT molecular complexity index is 419. The van der Waals surface area contributed by atoms with Crippen molar-refractivity contribution in [2.75, 3.05) is 18.8 Å². The molecule has 1 aromatic rings. The summed E-state index contributed by atoms with van der Waals surface area (Å²) < 4.78 is 0. The molecule has 2 N–H and O–H groups in total. The number of anilines is 1. The zero-order chi connectivity index (χ0) is 13.0. The molecule has 0 saturated carbocycles. The van der Waals surface area contributed by atoms with Crippen molar-refractivity contribution in [3.63, 3.8) is 0 Å². The summed E-state index contributed by atoms with van der Waals surface area (Å²) in [7, 11) is 0. The van der Waals surface area contributed by atoms with Gasteiger partial charge in [0.05, 0.1) is 5.56 Å². The lowest BCUT2D eigenvalue weighted by atomic mass is 9.98. The fraction of sp³-hybridized carbons (Fsp3) is 0.571. The van der Waals surface area contributed by atoms with Gasteiger partial charge in [-0.15, -0.1) is 0 Å². The first-order valence-electron chi connectivity index (χ1n) is 6.72. The van der Waals surface area contributed by atoms with Gasteiger partial charge in [0.25, 0.3) is 5.91 Å². The molecule has 4 heteroatoms.